The zero-order chi connectivity index (χ0) is 57.9. The van der Waals surface area contributed by atoms with Crippen LogP contribution in [0.25, 0.3) is 0 Å². The maximum atomic E-state index is 13.5. The largest absolute Gasteiger partial charge is 0.756 e. The summed E-state index contributed by atoms with van der Waals surface area (Å²) in [5.74, 6) is -0.624. The Balaban J connectivity index is 5.23. The van der Waals surface area contributed by atoms with E-state index in [2.05, 4.69) is 135 Å². The van der Waals surface area contributed by atoms with Crippen LogP contribution < -0.4 is 10.2 Å². The fraction of sp³-hybridized carbons (Fsp3) is 0.681. The molecule has 0 saturated heterocycles. The topological polar surface area (TPSA) is 114 Å². The highest BCUT2D eigenvalue weighted by Crippen LogP contribution is 2.38. The number of hydrogen-bond acceptors (Lipinski definition) is 7. The molecule has 0 spiro atoms. The third kappa shape index (κ3) is 58.9. The Hall–Kier alpha value is -3.59. The van der Waals surface area contributed by atoms with E-state index in [1.54, 1.807) is 6.08 Å². The summed E-state index contributed by atoms with van der Waals surface area (Å²) in [7, 11) is 1.13. The van der Waals surface area contributed by atoms with Gasteiger partial charge in [0.2, 0.25) is 5.91 Å². The lowest BCUT2D eigenvalue weighted by Crippen LogP contribution is -2.47. The molecule has 0 bridgehead atoms. The number of rotatable bonds is 56. The summed E-state index contributed by atoms with van der Waals surface area (Å²) in [4.78, 5) is 40.0. The Morgan fingerprint density at radius 3 is 1.27 bits per heavy atom. The lowest BCUT2D eigenvalue weighted by molar-refractivity contribution is -0.870. The van der Waals surface area contributed by atoms with Gasteiger partial charge in [-0.1, -0.05) is 245 Å². The number of phosphoric acid groups is 1. The van der Waals surface area contributed by atoms with E-state index in [0.717, 1.165) is 109 Å². The number of allylic oxidation sites excluding steroid dienone is 19. The molecular weight excluding hydrogens is 1000 g/mol. The standard InChI is InChI=1S/C69H119N2O7P/c1-7-10-13-16-19-22-25-27-29-31-32-33-34-35-36-37-38-40-41-43-46-49-52-55-58-61-68(72)70-66(65-77-79(74,75)76-64-63-71(4,5)6)67(60-57-54-51-48-45-24-21-18-15-12-9-3)78-69(73)62-59-56-53-50-47-44-42-39-30-28-26-23-20-17-14-11-8-2/h11,14,19-20,22-23,27-30,32-33,35-36,42,44,50,53,57,60,66-67H,7-10,12-13,15-18,21,24-26,31,34,37-41,43,45-49,51-52,54-56,58-59,61-65H2,1-6H3,(H-,70,72,74,75)/b14-11-,22-19-,23-20-,29-27-,30-28-,33-32-,36-35-,44-42-,53-50-,60-57-. The number of carbonyl (C=O) groups excluding carboxylic acids is 2. The van der Waals surface area contributed by atoms with Crippen molar-refractivity contribution < 1.29 is 37.3 Å². The van der Waals surface area contributed by atoms with Crippen molar-refractivity contribution in [2.24, 2.45) is 0 Å². The van der Waals surface area contributed by atoms with Gasteiger partial charge in [0.05, 0.1) is 33.8 Å². The highest BCUT2D eigenvalue weighted by molar-refractivity contribution is 7.45. The molecule has 0 aliphatic heterocycles. The van der Waals surface area contributed by atoms with Crippen LogP contribution in [0.3, 0.4) is 0 Å². The summed E-state index contributed by atoms with van der Waals surface area (Å²) in [6.07, 6.45) is 80.4. The quantitative estimate of drug-likeness (QED) is 0.0212. The highest BCUT2D eigenvalue weighted by Gasteiger charge is 2.27. The molecule has 0 aromatic rings. The zero-order valence-electron chi connectivity index (χ0n) is 51.5. The van der Waals surface area contributed by atoms with Crippen molar-refractivity contribution in [1.29, 1.82) is 0 Å². The maximum absolute atomic E-state index is 13.5. The fourth-order valence-electron chi connectivity index (χ4n) is 8.48. The Labute approximate surface area is 486 Å². The number of amides is 1. The molecule has 0 aromatic carbocycles. The first kappa shape index (κ1) is 75.4. The van der Waals surface area contributed by atoms with Crippen LogP contribution in [0, 0.1) is 0 Å². The van der Waals surface area contributed by atoms with Crippen LogP contribution in [-0.4, -0.2) is 69.4 Å². The molecule has 0 heterocycles. The van der Waals surface area contributed by atoms with Gasteiger partial charge in [-0.15, -0.1) is 0 Å². The monoisotopic (exact) mass is 1120 g/mol. The molecule has 3 atom stereocenters. The minimum Gasteiger partial charge on any atom is -0.756 e. The van der Waals surface area contributed by atoms with Crippen molar-refractivity contribution in [1.82, 2.24) is 5.32 Å². The number of carbonyl (C=O) groups is 2. The number of nitrogens with one attached hydrogen (secondary N) is 1. The van der Waals surface area contributed by atoms with E-state index in [0.29, 0.717) is 23.9 Å². The first-order chi connectivity index (χ1) is 38.4. The van der Waals surface area contributed by atoms with Crippen LogP contribution in [-0.2, 0) is 27.9 Å². The smallest absolute Gasteiger partial charge is 0.306 e. The van der Waals surface area contributed by atoms with E-state index in [1.807, 2.05) is 27.2 Å². The van der Waals surface area contributed by atoms with Gasteiger partial charge in [-0.2, -0.15) is 0 Å². The molecule has 0 aliphatic rings. The Bertz CT molecular complexity index is 1770. The molecule has 0 aromatic heterocycles. The van der Waals surface area contributed by atoms with Crippen molar-refractivity contribution in [2.75, 3.05) is 40.9 Å². The molecule has 3 unspecified atom stereocenters. The Morgan fingerprint density at radius 1 is 0.456 bits per heavy atom. The molecular formula is C69H119N2O7P. The van der Waals surface area contributed by atoms with E-state index in [4.69, 9.17) is 13.8 Å². The van der Waals surface area contributed by atoms with Gasteiger partial charge in [-0.05, 0) is 115 Å². The van der Waals surface area contributed by atoms with Gasteiger partial charge in [0.1, 0.15) is 19.3 Å². The van der Waals surface area contributed by atoms with Gasteiger partial charge in [0.25, 0.3) is 7.82 Å². The van der Waals surface area contributed by atoms with Gasteiger partial charge in [0.15, 0.2) is 0 Å². The van der Waals surface area contributed by atoms with Crippen LogP contribution in [0.5, 0.6) is 0 Å². The molecule has 1 amide bonds. The SMILES string of the molecule is CC/C=C\C/C=C\C/C=C\C/C=C\C/C=C\CCCC(=O)OC(/C=C\CCCCCCCCCCC)C(COP(=O)([O-])OCC[N+](C)(C)C)NC(=O)CCCCCCCCCCC/C=C\C/C=C\C/C=C\C/C=C\CCCCC. The van der Waals surface area contributed by atoms with Crippen LogP contribution in [0.2, 0.25) is 0 Å². The number of nitrogens with zero attached hydrogens (tertiary/aromatic N) is 1. The molecule has 0 aliphatic carbocycles. The molecule has 9 nitrogen and oxygen atoms in total. The minimum absolute atomic E-state index is 0.0387. The average molecular weight is 1120 g/mol. The fourth-order valence-corrected chi connectivity index (χ4v) is 9.20. The van der Waals surface area contributed by atoms with Gasteiger partial charge in [-0.3, -0.25) is 14.2 Å². The second-order valence-corrected chi connectivity index (χ2v) is 23.6. The van der Waals surface area contributed by atoms with Crippen molar-refractivity contribution >= 4 is 19.7 Å². The Morgan fingerprint density at radius 2 is 0.823 bits per heavy atom. The molecule has 0 fully saturated rings. The van der Waals surface area contributed by atoms with Crippen LogP contribution in [0.4, 0.5) is 0 Å². The highest BCUT2D eigenvalue weighted by atomic mass is 31.2. The number of likely N-dealkylation sites (N-methyl/N-ethyl adjacent to an activating group) is 1. The van der Waals surface area contributed by atoms with E-state index >= 15 is 0 Å². The molecule has 0 rings (SSSR count). The lowest BCUT2D eigenvalue weighted by Gasteiger charge is -2.30. The third-order valence-electron chi connectivity index (χ3n) is 13.4. The van der Waals surface area contributed by atoms with Crippen molar-refractivity contribution in [2.45, 2.75) is 264 Å². The van der Waals surface area contributed by atoms with E-state index < -0.39 is 32.5 Å². The molecule has 0 radical (unpaired) electrons. The summed E-state index contributed by atoms with van der Waals surface area (Å²) in [5, 5.41) is 3.01. The predicted molar refractivity (Wildman–Crippen MR) is 339 cm³/mol. The second kappa shape index (κ2) is 57.6. The van der Waals surface area contributed by atoms with Gasteiger partial charge >= 0.3 is 5.97 Å². The molecule has 79 heavy (non-hydrogen) atoms. The first-order valence-electron chi connectivity index (χ1n) is 31.8. The Kier molecular flexibility index (Phi) is 55.0. The predicted octanol–water partition coefficient (Wildman–Crippen LogP) is 19.3. The van der Waals surface area contributed by atoms with Gasteiger partial charge in [0, 0.05) is 12.8 Å². The summed E-state index contributed by atoms with van der Waals surface area (Å²) in [5.41, 5.74) is 0. The van der Waals surface area contributed by atoms with E-state index in [-0.39, 0.29) is 18.9 Å². The first-order valence-corrected chi connectivity index (χ1v) is 33.3. The summed E-state index contributed by atoms with van der Waals surface area (Å²) >= 11 is 0. The average Bonchev–Trinajstić information content (AvgIpc) is 3.41. The zero-order valence-corrected chi connectivity index (χ0v) is 52.4. The van der Waals surface area contributed by atoms with E-state index in [9.17, 15) is 19.0 Å². The number of quaternary nitrogens is 1. The van der Waals surface area contributed by atoms with Crippen molar-refractivity contribution in [3.63, 3.8) is 0 Å². The summed E-state index contributed by atoms with van der Waals surface area (Å²) in [6, 6.07) is -0.923. The summed E-state index contributed by atoms with van der Waals surface area (Å²) < 4.78 is 30.2. The van der Waals surface area contributed by atoms with Crippen molar-refractivity contribution in [3.8, 4) is 0 Å². The molecule has 10 heteroatoms. The third-order valence-corrected chi connectivity index (χ3v) is 14.3. The van der Waals surface area contributed by atoms with Crippen LogP contribution >= 0.6 is 7.82 Å². The molecule has 0 saturated carbocycles. The number of unbranched alkanes of at least 4 members (excludes halogenated alkanes) is 22. The number of hydrogen-bond donors (Lipinski definition) is 1. The van der Waals surface area contributed by atoms with Crippen molar-refractivity contribution in [3.05, 3.63) is 122 Å². The van der Waals surface area contributed by atoms with Crippen LogP contribution in [0.1, 0.15) is 252 Å². The maximum Gasteiger partial charge on any atom is 0.306 e. The lowest BCUT2D eigenvalue weighted by atomic mass is 10.0. The number of esters is 1. The number of phosphoric ester groups is 1. The minimum atomic E-state index is -4.72. The second-order valence-electron chi connectivity index (χ2n) is 22.2. The summed E-state index contributed by atoms with van der Waals surface area (Å²) in [6.45, 7) is 6.64. The van der Waals surface area contributed by atoms with E-state index in [1.165, 1.54) is 103 Å². The van der Waals surface area contributed by atoms with Gasteiger partial charge < -0.3 is 28.5 Å². The van der Waals surface area contributed by atoms with Gasteiger partial charge in [-0.25, -0.2) is 0 Å². The molecule has 452 valence electrons. The molecule has 1 N–H and O–H groups in total. The number of ether oxygens (including phenoxy) is 1. The van der Waals surface area contributed by atoms with Crippen LogP contribution in [0.15, 0.2) is 122 Å². The normalized spacial score (nSPS) is 14.5.